The van der Waals surface area contributed by atoms with Crippen LogP contribution in [0.1, 0.15) is 26.3 Å². The molecule has 0 aromatic heterocycles. The van der Waals surface area contributed by atoms with Crippen molar-refractivity contribution in [3.8, 4) is 0 Å². The Morgan fingerprint density at radius 3 is 2.47 bits per heavy atom. The van der Waals surface area contributed by atoms with E-state index >= 15 is 0 Å². The van der Waals surface area contributed by atoms with E-state index in [1.165, 1.54) is 0 Å². The first kappa shape index (κ1) is 12.5. The minimum atomic E-state index is -0.804. The number of rotatable bonds is 3. The summed E-state index contributed by atoms with van der Waals surface area (Å²) in [5.74, 6) is -0.701. The zero-order chi connectivity index (χ0) is 11.6. The van der Waals surface area contributed by atoms with E-state index in [0.29, 0.717) is 0 Å². The van der Waals surface area contributed by atoms with Crippen molar-refractivity contribution in [2.24, 2.45) is 5.92 Å². The van der Waals surface area contributed by atoms with E-state index in [9.17, 15) is 9.90 Å². The maximum atomic E-state index is 11.4. The Hall–Kier alpha value is -0.580. The molecule has 2 nitrogen and oxygen atoms in total. The SMILES string of the molecule is CC(C)C(C)(C(=O)O)c1cccc(I)c1. The molecular formula is C12H15IO2. The first-order valence-electron chi connectivity index (χ1n) is 4.88. The second-order valence-electron chi connectivity index (χ2n) is 4.17. The van der Waals surface area contributed by atoms with Crippen LogP contribution in [0.3, 0.4) is 0 Å². The van der Waals surface area contributed by atoms with Gasteiger partial charge >= 0.3 is 5.97 Å². The monoisotopic (exact) mass is 318 g/mol. The molecular weight excluding hydrogens is 303 g/mol. The largest absolute Gasteiger partial charge is 0.481 e. The van der Waals surface area contributed by atoms with Crippen LogP contribution in [-0.2, 0) is 10.2 Å². The fourth-order valence-electron chi connectivity index (χ4n) is 1.52. The highest BCUT2D eigenvalue weighted by Crippen LogP contribution is 2.32. The lowest BCUT2D eigenvalue weighted by atomic mass is 9.73. The number of carboxylic acid groups (broad SMARTS) is 1. The molecule has 0 saturated carbocycles. The molecule has 1 rings (SSSR count). The third-order valence-electron chi connectivity index (χ3n) is 3.02. The van der Waals surface area contributed by atoms with E-state index in [0.717, 1.165) is 9.13 Å². The van der Waals surface area contributed by atoms with E-state index in [4.69, 9.17) is 0 Å². The van der Waals surface area contributed by atoms with E-state index in [-0.39, 0.29) is 5.92 Å². The molecule has 0 aliphatic heterocycles. The van der Waals surface area contributed by atoms with Crippen LogP contribution >= 0.6 is 22.6 Å². The van der Waals surface area contributed by atoms with Crippen LogP contribution in [0.25, 0.3) is 0 Å². The van der Waals surface area contributed by atoms with Gasteiger partial charge in [-0.3, -0.25) is 4.79 Å². The minimum Gasteiger partial charge on any atom is -0.481 e. The summed E-state index contributed by atoms with van der Waals surface area (Å²) in [6.45, 7) is 5.66. The lowest BCUT2D eigenvalue weighted by Gasteiger charge is -2.29. The highest BCUT2D eigenvalue weighted by molar-refractivity contribution is 14.1. The summed E-state index contributed by atoms with van der Waals surface area (Å²) in [6, 6.07) is 7.69. The molecule has 82 valence electrons. The van der Waals surface area contributed by atoms with Crippen molar-refractivity contribution in [2.75, 3.05) is 0 Å². The molecule has 1 unspecified atom stereocenters. The van der Waals surface area contributed by atoms with E-state index in [2.05, 4.69) is 22.6 Å². The Labute approximate surface area is 104 Å². The molecule has 0 aliphatic carbocycles. The van der Waals surface area contributed by atoms with Crippen LogP contribution in [0.4, 0.5) is 0 Å². The van der Waals surface area contributed by atoms with Crippen molar-refractivity contribution in [2.45, 2.75) is 26.2 Å². The second kappa shape index (κ2) is 4.51. The Morgan fingerprint density at radius 2 is 2.07 bits per heavy atom. The first-order chi connectivity index (χ1) is 6.89. The minimum absolute atomic E-state index is 0.0631. The van der Waals surface area contributed by atoms with Gasteiger partial charge in [0.15, 0.2) is 0 Å². The van der Waals surface area contributed by atoms with Gasteiger partial charge in [-0.15, -0.1) is 0 Å². The molecule has 0 spiro atoms. The molecule has 0 aliphatic rings. The maximum Gasteiger partial charge on any atom is 0.314 e. The number of aliphatic carboxylic acids is 1. The first-order valence-corrected chi connectivity index (χ1v) is 5.96. The smallest absolute Gasteiger partial charge is 0.314 e. The summed E-state index contributed by atoms with van der Waals surface area (Å²) in [4.78, 5) is 11.4. The van der Waals surface area contributed by atoms with Gasteiger partial charge < -0.3 is 5.11 Å². The van der Waals surface area contributed by atoms with Crippen LogP contribution < -0.4 is 0 Å². The van der Waals surface area contributed by atoms with Crippen molar-refractivity contribution in [3.05, 3.63) is 33.4 Å². The van der Waals surface area contributed by atoms with E-state index < -0.39 is 11.4 Å². The van der Waals surface area contributed by atoms with Gasteiger partial charge in [-0.1, -0.05) is 26.0 Å². The van der Waals surface area contributed by atoms with Crippen molar-refractivity contribution >= 4 is 28.6 Å². The number of benzene rings is 1. The Bertz CT molecular complexity index is 374. The van der Waals surface area contributed by atoms with Gasteiger partial charge in [-0.25, -0.2) is 0 Å². The standard InChI is InChI=1S/C12H15IO2/c1-8(2)12(3,11(14)15)9-5-4-6-10(13)7-9/h4-8H,1-3H3,(H,14,15). The van der Waals surface area contributed by atoms with Gasteiger partial charge in [0.05, 0.1) is 5.41 Å². The normalized spacial score (nSPS) is 15.0. The molecule has 0 amide bonds. The molecule has 15 heavy (non-hydrogen) atoms. The molecule has 0 heterocycles. The van der Waals surface area contributed by atoms with Gasteiger partial charge in [0, 0.05) is 3.57 Å². The number of hydrogen-bond donors (Lipinski definition) is 1. The predicted molar refractivity (Wildman–Crippen MR) is 69.0 cm³/mol. The fourth-order valence-corrected chi connectivity index (χ4v) is 2.06. The van der Waals surface area contributed by atoms with Crippen LogP contribution in [-0.4, -0.2) is 11.1 Å². The fraction of sp³-hybridized carbons (Fsp3) is 0.417. The lowest BCUT2D eigenvalue weighted by molar-refractivity contribution is -0.145. The summed E-state index contributed by atoms with van der Waals surface area (Å²) in [5, 5.41) is 9.34. The summed E-state index contributed by atoms with van der Waals surface area (Å²) < 4.78 is 1.07. The van der Waals surface area contributed by atoms with Crippen molar-refractivity contribution in [1.82, 2.24) is 0 Å². The molecule has 0 fully saturated rings. The van der Waals surface area contributed by atoms with E-state index in [1.54, 1.807) is 6.92 Å². The highest BCUT2D eigenvalue weighted by Gasteiger charge is 2.38. The molecule has 1 N–H and O–H groups in total. The van der Waals surface area contributed by atoms with Crippen LogP contribution in [0.5, 0.6) is 0 Å². The average molecular weight is 318 g/mol. The van der Waals surface area contributed by atoms with Gasteiger partial charge in [0.25, 0.3) is 0 Å². The Kier molecular flexibility index (Phi) is 3.76. The molecule has 3 heteroatoms. The lowest BCUT2D eigenvalue weighted by Crippen LogP contribution is -2.37. The summed E-state index contributed by atoms with van der Waals surface area (Å²) in [7, 11) is 0. The molecule has 1 aromatic rings. The Balaban J connectivity index is 3.28. The quantitative estimate of drug-likeness (QED) is 0.869. The number of hydrogen-bond acceptors (Lipinski definition) is 1. The van der Waals surface area contributed by atoms with Crippen molar-refractivity contribution in [3.63, 3.8) is 0 Å². The third kappa shape index (κ3) is 2.33. The Morgan fingerprint density at radius 1 is 1.47 bits per heavy atom. The van der Waals surface area contributed by atoms with Crippen molar-refractivity contribution < 1.29 is 9.90 Å². The summed E-state index contributed by atoms with van der Waals surface area (Å²) in [5.41, 5.74) is 0.0677. The highest BCUT2D eigenvalue weighted by atomic mass is 127. The molecule has 0 bridgehead atoms. The predicted octanol–water partition coefficient (Wildman–Crippen LogP) is 3.29. The van der Waals surface area contributed by atoms with E-state index in [1.807, 2.05) is 38.1 Å². The summed E-state index contributed by atoms with van der Waals surface area (Å²) >= 11 is 2.20. The summed E-state index contributed by atoms with van der Waals surface area (Å²) in [6.07, 6.45) is 0. The maximum absolute atomic E-state index is 11.4. The third-order valence-corrected chi connectivity index (χ3v) is 3.69. The number of carbonyl (C=O) groups is 1. The topological polar surface area (TPSA) is 37.3 Å². The van der Waals surface area contributed by atoms with Gasteiger partial charge in [0.1, 0.15) is 0 Å². The molecule has 1 atom stereocenters. The molecule has 1 aromatic carbocycles. The zero-order valence-corrected chi connectivity index (χ0v) is 11.3. The second-order valence-corrected chi connectivity index (χ2v) is 5.42. The number of carboxylic acids is 1. The molecule has 0 saturated heterocycles. The van der Waals surface area contributed by atoms with Crippen LogP contribution in [0.2, 0.25) is 0 Å². The molecule has 0 radical (unpaired) electrons. The van der Waals surface area contributed by atoms with Crippen LogP contribution in [0, 0.1) is 9.49 Å². The van der Waals surface area contributed by atoms with Crippen LogP contribution in [0.15, 0.2) is 24.3 Å². The number of halogens is 1. The zero-order valence-electron chi connectivity index (χ0n) is 9.12. The van der Waals surface area contributed by atoms with Gasteiger partial charge in [-0.05, 0) is 53.1 Å². The van der Waals surface area contributed by atoms with Crippen molar-refractivity contribution in [1.29, 1.82) is 0 Å². The average Bonchev–Trinajstić information content (AvgIpc) is 2.15. The van der Waals surface area contributed by atoms with Gasteiger partial charge in [-0.2, -0.15) is 0 Å². The van der Waals surface area contributed by atoms with Gasteiger partial charge in [0.2, 0.25) is 0 Å².